The molecule has 8 heteroatoms. The Kier molecular flexibility index (Phi) is 4.14. The summed E-state index contributed by atoms with van der Waals surface area (Å²) in [4.78, 5) is 20.0. The number of nitrogens with one attached hydrogen (secondary N) is 2. The number of amides is 1. The van der Waals surface area contributed by atoms with Gasteiger partial charge in [-0.3, -0.25) is 4.79 Å². The van der Waals surface area contributed by atoms with Gasteiger partial charge in [0.15, 0.2) is 0 Å². The summed E-state index contributed by atoms with van der Waals surface area (Å²) in [6, 6.07) is 3.98. The highest BCUT2D eigenvalue weighted by Gasteiger charge is 2.14. The van der Waals surface area contributed by atoms with Crippen LogP contribution in [0.4, 0.5) is 5.82 Å². The van der Waals surface area contributed by atoms with Crippen molar-refractivity contribution in [2.45, 2.75) is 6.54 Å². The first-order valence-electron chi connectivity index (χ1n) is 7.91. The second-order valence-electron chi connectivity index (χ2n) is 5.65. The molecule has 0 aromatic carbocycles. The van der Waals surface area contributed by atoms with Crippen LogP contribution in [0.5, 0.6) is 0 Å². The topological polar surface area (TPSA) is 74.6 Å². The van der Waals surface area contributed by atoms with Crippen molar-refractivity contribution in [3.63, 3.8) is 0 Å². The number of thiazole rings is 1. The summed E-state index contributed by atoms with van der Waals surface area (Å²) in [6.07, 6.45) is 5.26. The maximum atomic E-state index is 12.4. The number of rotatable bonds is 4. The summed E-state index contributed by atoms with van der Waals surface area (Å²) >= 11 is 1.51. The Morgan fingerprint density at radius 3 is 3.12 bits per heavy atom. The number of piperazine rings is 1. The van der Waals surface area contributed by atoms with Gasteiger partial charge in [-0.05, 0) is 17.7 Å². The average Bonchev–Trinajstić information content (AvgIpc) is 3.24. The molecule has 1 aliphatic rings. The van der Waals surface area contributed by atoms with Crippen molar-refractivity contribution in [2.75, 3.05) is 31.1 Å². The van der Waals surface area contributed by atoms with Gasteiger partial charge in [0, 0.05) is 50.5 Å². The van der Waals surface area contributed by atoms with Crippen LogP contribution in [0.2, 0.25) is 0 Å². The molecule has 124 valence electrons. The number of hydrogen-bond acceptors (Lipinski definition) is 6. The van der Waals surface area contributed by atoms with E-state index >= 15 is 0 Å². The molecule has 1 aliphatic heterocycles. The lowest BCUT2D eigenvalue weighted by atomic mass is 10.2. The van der Waals surface area contributed by atoms with E-state index < -0.39 is 0 Å². The molecule has 0 bridgehead atoms. The zero-order valence-electron chi connectivity index (χ0n) is 13.1. The van der Waals surface area contributed by atoms with Gasteiger partial charge >= 0.3 is 0 Å². The first-order chi connectivity index (χ1) is 11.8. The lowest BCUT2D eigenvalue weighted by Gasteiger charge is -2.28. The van der Waals surface area contributed by atoms with Gasteiger partial charge in [0.25, 0.3) is 5.91 Å². The number of nitrogens with zero attached hydrogens (tertiary/aromatic N) is 4. The molecule has 0 aliphatic carbocycles. The third kappa shape index (κ3) is 2.98. The number of hydrogen-bond donors (Lipinski definition) is 2. The third-order valence-electron chi connectivity index (χ3n) is 4.08. The van der Waals surface area contributed by atoms with Crippen LogP contribution in [0, 0.1) is 0 Å². The number of anilines is 1. The first-order valence-corrected chi connectivity index (χ1v) is 8.79. The van der Waals surface area contributed by atoms with Gasteiger partial charge in [-0.1, -0.05) is 0 Å². The molecular weight excluding hydrogens is 324 g/mol. The zero-order chi connectivity index (χ0) is 16.4. The van der Waals surface area contributed by atoms with Crippen LogP contribution in [0.3, 0.4) is 0 Å². The molecule has 3 aromatic rings. The second-order valence-corrected chi connectivity index (χ2v) is 6.55. The molecule has 1 saturated heterocycles. The fourth-order valence-electron chi connectivity index (χ4n) is 2.80. The quantitative estimate of drug-likeness (QED) is 0.743. The van der Waals surface area contributed by atoms with E-state index in [1.54, 1.807) is 16.9 Å². The van der Waals surface area contributed by atoms with Crippen molar-refractivity contribution >= 4 is 27.9 Å². The van der Waals surface area contributed by atoms with Crippen LogP contribution in [-0.4, -0.2) is 46.7 Å². The van der Waals surface area contributed by atoms with Crippen LogP contribution in [0.15, 0.2) is 36.1 Å². The van der Waals surface area contributed by atoms with E-state index in [-0.39, 0.29) is 5.91 Å². The molecule has 0 unspecified atom stereocenters. The molecule has 4 heterocycles. The standard InChI is InChI=1S/C16H18N6OS/c23-15(13-11-20-22-7-8-24-16(13)22)19-10-12-1-2-18-14(9-12)21-5-3-17-4-6-21/h1-2,7-9,11,17H,3-6,10H2,(H,19,23). The largest absolute Gasteiger partial charge is 0.354 e. The molecule has 0 spiro atoms. The molecule has 3 aromatic heterocycles. The van der Waals surface area contributed by atoms with Crippen LogP contribution < -0.4 is 15.5 Å². The minimum atomic E-state index is -0.104. The van der Waals surface area contributed by atoms with E-state index in [2.05, 4.69) is 25.6 Å². The fraction of sp³-hybridized carbons (Fsp3) is 0.312. The van der Waals surface area contributed by atoms with Crippen molar-refractivity contribution in [2.24, 2.45) is 0 Å². The fourth-order valence-corrected chi connectivity index (χ4v) is 3.59. The van der Waals surface area contributed by atoms with Crippen molar-refractivity contribution in [3.8, 4) is 0 Å². The van der Waals surface area contributed by atoms with Gasteiger partial charge in [0.2, 0.25) is 0 Å². The van der Waals surface area contributed by atoms with Crippen molar-refractivity contribution in [3.05, 3.63) is 47.2 Å². The predicted molar refractivity (Wildman–Crippen MR) is 93.6 cm³/mol. The summed E-state index contributed by atoms with van der Waals surface area (Å²) < 4.78 is 1.72. The van der Waals surface area contributed by atoms with E-state index in [9.17, 15) is 4.79 Å². The van der Waals surface area contributed by atoms with Crippen LogP contribution >= 0.6 is 11.3 Å². The zero-order valence-corrected chi connectivity index (χ0v) is 13.9. The van der Waals surface area contributed by atoms with Gasteiger partial charge in [-0.15, -0.1) is 11.3 Å². The van der Waals surface area contributed by atoms with Crippen LogP contribution in [0.1, 0.15) is 15.9 Å². The lowest BCUT2D eigenvalue weighted by Crippen LogP contribution is -2.43. The van der Waals surface area contributed by atoms with Crippen molar-refractivity contribution in [1.82, 2.24) is 25.2 Å². The number of carbonyl (C=O) groups excluding carboxylic acids is 1. The monoisotopic (exact) mass is 342 g/mol. The van der Waals surface area contributed by atoms with Crippen molar-refractivity contribution < 1.29 is 4.79 Å². The summed E-state index contributed by atoms with van der Waals surface area (Å²) in [5, 5.41) is 12.4. The molecule has 1 amide bonds. The number of carbonyl (C=O) groups is 1. The average molecular weight is 342 g/mol. The van der Waals surface area contributed by atoms with Crippen molar-refractivity contribution in [1.29, 1.82) is 0 Å². The van der Waals surface area contributed by atoms with Gasteiger partial charge < -0.3 is 15.5 Å². The Labute approximate surface area is 143 Å². The number of pyridine rings is 1. The highest BCUT2D eigenvalue weighted by molar-refractivity contribution is 7.15. The summed E-state index contributed by atoms with van der Waals surface area (Å²) in [7, 11) is 0. The maximum Gasteiger partial charge on any atom is 0.256 e. The smallest absolute Gasteiger partial charge is 0.256 e. The number of fused-ring (bicyclic) bond motifs is 1. The molecule has 1 fully saturated rings. The van der Waals surface area contributed by atoms with E-state index in [1.807, 2.05) is 23.7 Å². The molecule has 0 radical (unpaired) electrons. The highest BCUT2D eigenvalue weighted by atomic mass is 32.1. The third-order valence-corrected chi connectivity index (χ3v) is 4.97. The Balaban J connectivity index is 1.44. The van der Waals surface area contributed by atoms with E-state index in [0.717, 1.165) is 42.4 Å². The van der Waals surface area contributed by atoms with Gasteiger partial charge in [-0.25, -0.2) is 9.50 Å². The molecule has 4 rings (SSSR count). The Morgan fingerprint density at radius 1 is 1.38 bits per heavy atom. The van der Waals surface area contributed by atoms with E-state index in [1.165, 1.54) is 11.3 Å². The van der Waals surface area contributed by atoms with Crippen LogP contribution in [0.25, 0.3) is 4.83 Å². The van der Waals surface area contributed by atoms with Crippen LogP contribution in [-0.2, 0) is 6.54 Å². The Morgan fingerprint density at radius 2 is 2.25 bits per heavy atom. The first kappa shape index (κ1) is 15.1. The Hall–Kier alpha value is -2.45. The van der Waals surface area contributed by atoms with E-state index in [4.69, 9.17) is 0 Å². The maximum absolute atomic E-state index is 12.4. The minimum Gasteiger partial charge on any atom is -0.354 e. The molecule has 0 atom stereocenters. The van der Waals surface area contributed by atoms with Gasteiger partial charge in [0.05, 0.1) is 11.8 Å². The van der Waals surface area contributed by atoms with Gasteiger partial charge in [-0.2, -0.15) is 5.10 Å². The lowest BCUT2D eigenvalue weighted by molar-refractivity contribution is 0.0952. The second kappa shape index (κ2) is 6.58. The Bertz CT molecular complexity index is 851. The number of aromatic nitrogens is 3. The van der Waals surface area contributed by atoms with Gasteiger partial charge in [0.1, 0.15) is 10.6 Å². The van der Waals surface area contributed by atoms with E-state index in [0.29, 0.717) is 12.1 Å². The molecule has 0 saturated carbocycles. The molecular formula is C16H18N6OS. The minimum absolute atomic E-state index is 0.104. The summed E-state index contributed by atoms with van der Waals surface area (Å²) in [6.45, 7) is 4.33. The normalized spacial score (nSPS) is 14.9. The highest BCUT2D eigenvalue weighted by Crippen LogP contribution is 2.17. The predicted octanol–water partition coefficient (Wildman–Crippen LogP) is 1.13. The molecule has 2 N–H and O–H groups in total. The summed E-state index contributed by atoms with van der Waals surface area (Å²) in [5.41, 5.74) is 1.66. The molecule has 24 heavy (non-hydrogen) atoms. The SMILES string of the molecule is O=C(NCc1ccnc(N2CCNCC2)c1)c1cnn2ccsc12. The molecule has 7 nitrogen and oxygen atoms in total. The summed E-state index contributed by atoms with van der Waals surface area (Å²) in [5.74, 6) is 0.863.